The van der Waals surface area contributed by atoms with Crippen LogP contribution < -0.4 is 10.6 Å². The van der Waals surface area contributed by atoms with Crippen molar-refractivity contribution in [1.29, 1.82) is 0 Å². The topological polar surface area (TPSA) is 29.3 Å². The van der Waals surface area contributed by atoms with Crippen molar-refractivity contribution in [2.45, 2.75) is 25.9 Å². The minimum absolute atomic E-state index is 0.560. The first-order chi connectivity index (χ1) is 8.15. The Morgan fingerprint density at radius 2 is 2.18 bits per heavy atom. The van der Waals surface area contributed by atoms with E-state index in [9.17, 15) is 0 Å². The summed E-state index contributed by atoms with van der Waals surface area (Å²) in [7, 11) is 2.16. The van der Waals surface area contributed by atoms with Crippen LogP contribution in [0.25, 0.3) is 0 Å². The second-order valence-corrected chi connectivity index (χ2v) is 5.83. The predicted molar refractivity (Wildman–Crippen MR) is 82.9 cm³/mol. The summed E-state index contributed by atoms with van der Waals surface area (Å²) in [5.74, 6) is 1.14. The third-order valence-corrected chi connectivity index (χ3v) is 4.52. The Morgan fingerprint density at radius 1 is 1.47 bits per heavy atom. The number of hydrogen-bond acceptors (Lipinski definition) is 3. The van der Waals surface area contributed by atoms with Crippen molar-refractivity contribution in [3.05, 3.63) is 28.2 Å². The summed E-state index contributed by atoms with van der Waals surface area (Å²) >= 11 is 5.46. The Hall–Kier alpha value is -0.190. The Morgan fingerprint density at radius 3 is 2.71 bits per heavy atom. The van der Waals surface area contributed by atoms with Gasteiger partial charge < -0.3 is 10.6 Å². The highest BCUT2D eigenvalue weighted by atomic mass is 79.9. The molecule has 4 heteroatoms. The summed E-state index contributed by atoms with van der Waals surface area (Å²) < 4.78 is 1.10. The summed E-state index contributed by atoms with van der Waals surface area (Å²) in [4.78, 5) is 2.35. The SMILES string of the molecule is CCC(CSC)N(C)c1cccc(Br)c1CN. The van der Waals surface area contributed by atoms with Gasteiger partial charge in [0.2, 0.25) is 0 Å². The fraction of sp³-hybridized carbons (Fsp3) is 0.538. The summed E-state index contributed by atoms with van der Waals surface area (Å²) in [5, 5.41) is 0. The number of anilines is 1. The van der Waals surface area contributed by atoms with Crippen LogP contribution in [0.1, 0.15) is 18.9 Å². The normalized spacial score (nSPS) is 12.5. The van der Waals surface area contributed by atoms with Gasteiger partial charge in [-0.05, 0) is 24.8 Å². The molecule has 0 amide bonds. The molecule has 0 saturated carbocycles. The fourth-order valence-electron chi connectivity index (χ4n) is 1.97. The number of nitrogens with zero attached hydrogens (tertiary/aromatic N) is 1. The molecule has 0 aliphatic heterocycles. The van der Waals surface area contributed by atoms with Crippen molar-refractivity contribution < 1.29 is 0 Å². The Balaban J connectivity index is 3.01. The molecule has 0 heterocycles. The molecule has 17 heavy (non-hydrogen) atoms. The number of halogens is 1. The molecule has 1 aromatic carbocycles. The number of nitrogens with two attached hydrogens (primary N) is 1. The molecular weight excluding hydrogens is 296 g/mol. The summed E-state index contributed by atoms with van der Waals surface area (Å²) in [6.45, 7) is 2.80. The molecule has 0 fully saturated rings. The molecule has 0 spiro atoms. The Bertz CT molecular complexity index is 357. The van der Waals surface area contributed by atoms with E-state index in [1.54, 1.807) is 0 Å². The summed E-state index contributed by atoms with van der Waals surface area (Å²) in [6, 6.07) is 6.83. The lowest BCUT2D eigenvalue weighted by molar-refractivity contribution is 0.670. The largest absolute Gasteiger partial charge is 0.370 e. The van der Waals surface area contributed by atoms with Crippen LogP contribution in [0.2, 0.25) is 0 Å². The maximum absolute atomic E-state index is 5.84. The molecule has 2 N–H and O–H groups in total. The van der Waals surface area contributed by atoms with E-state index in [-0.39, 0.29) is 0 Å². The lowest BCUT2D eigenvalue weighted by Crippen LogP contribution is -2.34. The molecule has 0 aliphatic carbocycles. The second-order valence-electron chi connectivity index (χ2n) is 4.07. The van der Waals surface area contributed by atoms with Crippen LogP contribution in [0, 0.1) is 0 Å². The summed E-state index contributed by atoms with van der Waals surface area (Å²) in [5.41, 5.74) is 8.27. The molecule has 1 aromatic rings. The Kier molecular flexibility index (Phi) is 6.38. The maximum Gasteiger partial charge on any atom is 0.0423 e. The van der Waals surface area contributed by atoms with Crippen LogP contribution in [-0.4, -0.2) is 25.1 Å². The van der Waals surface area contributed by atoms with Crippen LogP contribution in [-0.2, 0) is 6.54 Å². The van der Waals surface area contributed by atoms with E-state index in [1.165, 1.54) is 11.3 Å². The van der Waals surface area contributed by atoms with Gasteiger partial charge >= 0.3 is 0 Å². The Labute approximate surface area is 117 Å². The molecule has 1 atom stereocenters. The van der Waals surface area contributed by atoms with E-state index in [1.807, 2.05) is 11.8 Å². The molecule has 1 rings (SSSR count). The molecule has 2 nitrogen and oxygen atoms in total. The first-order valence-electron chi connectivity index (χ1n) is 5.84. The van der Waals surface area contributed by atoms with Crippen LogP contribution in [0.15, 0.2) is 22.7 Å². The number of thioether (sulfide) groups is 1. The second kappa shape index (κ2) is 7.29. The number of rotatable bonds is 6. The quantitative estimate of drug-likeness (QED) is 0.871. The van der Waals surface area contributed by atoms with E-state index < -0.39 is 0 Å². The van der Waals surface area contributed by atoms with Crippen molar-refractivity contribution in [3.8, 4) is 0 Å². The van der Waals surface area contributed by atoms with Gasteiger partial charge in [0.05, 0.1) is 0 Å². The third-order valence-electron chi connectivity index (χ3n) is 3.06. The highest BCUT2D eigenvalue weighted by molar-refractivity contribution is 9.10. The third kappa shape index (κ3) is 3.63. The molecule has 0 saturated heterocycles. The van der Waals surface area contributed by atoms with Gasteiger partial charge in [-0.1, -0.05) is 28.9 Å². The monoisotopic (exact) mass is 316 g/mol. The van der Waals surface area contributed by atoms with Crippen LogP contribution >= 0.6 is 27.7 Å². The zero-order chi connectivity index (χ0) is 12.8. The molecule has 96 valence electrons. The fourth-order valence-corrected chi connectivity index (χ4v) is 3.33. The van der Waals surface area contributed by atoms with Gasteiger partial charge in [-0.2, -0.15) is 11.8 Å². The summed E-state index contributed by atoms with van der Waals surface area (Å²) in [6.07, 6.45) is 3.30. The van der Waals surface area contributed by atoms with E-state index in [0.29, 0.717) is 12.6 Å². The smallest absolute Gasteiger partial charge is 0.0423 e. The number of hydrogen-bond donors (Lipinski definition) is 1. The number of benzene rings is 1. The first-order valence-corrected chi connectivity index (χ1v) is 8.03. The minimum Gasteiger partial charge on any atom is -0.370 e. The van der Waals surface area contributed by atoms with Gasteiger partial charge in [0.15, 0.2) is 0 Å². The standard InChI is InChI=1S/C13H21BrN2S/c1-4-10(9-17-3)16(2)13-7-5-6-12(14)11(13)8-15/h5-7,10H,4,8-9,15H2,1-3H3. The van der Waals surface area contributed by atoms with Crippen LogP contribution in [0.3, 0.4) is 0 Å². The van der Waals surface area contributed by atoms with Gasteiger partial charge in [-0.3, -0.25) is 0 Å². The molecule has 0 bridgehead atoms. The van der Waals surface area contributed by atoms with Gasteiger partial charge in [-0.25, -0.2) is 0 Å². The van der Waals surface area contributed by atoms with Crippen molar-refractivity contribution in [3.63, 3.8) is 0 Å². The highest BCUT2D eigenvalue weighted by Gasteiger charge is 2.16. The first kappa shape index (κ1) is 14.9. The van der Waals surface area contributed by atoms with Gasteiger partial charge in [0.1, 0.15) is 0 Å². The zero-order valence-electron chi connectivity index (χ0n) is 10.7. The molecule has 0 aliphatic rings. The predicted octanol–water partition coefficient (Wildman–Crippen LogP) is 3.49. The molecule has 0 aromatic heterocycles. The average Bonchev–Trinajstić information content (AvgIpc) is 2.34. The molecule has 0 radical (unpaired) electrons. The molecular formula is C13H21BrN2S. The van der Waals surface area contributed by atoms with Crippen LogP contribution in [0.4, 0.5) is 5.69 Å². The van der Waals surface area contributed by atoms with E-state index >= 15 is 0 Å². The van der Waals surface area contributed by atoms with E-state index in [2.05, 4.69) is 59.3 Å². The highest BCUT2D eigenvalue weighted by Crippen LogP contribution is 2.29. The molecule has 1 unspecified atom stereocenters. The van der Waals surface area contributed by atoms with E-state index in [4.69, 9.17) is 5.73 Å². The average molecular weight is 317 g/mol. The van der Waals surface area contributed by atoms with Gasteiger partial charge in [0, 0.05) is 41.1 Å². The van der Waals surface area contributed by atoms with Crippen LogP contribution in [0.5, 0.6) is 0 Å². The zero-order valence-corrected chi connectivity index (χ0v) is 13.1. The van der Waals surface area contributed by atoms with Crippen molar-refractivity contribution in [2.24, 2.45) is 5.73 Å². The maximum atomic E-state index is 5.84. The lowest BCUT2D eigenvalue weighted by Gasteiger charge is -2.30. The van der Waals surface area contributed by atoms with Gasteiger partial charge in [-0.15, -0.1) is 0 Å². The van der Waals surface area contributed by atoms with Crippen molar-refractivity contribution in [2.75, 3.05) is 24.0 Å². The van der Waals surface area contributed by atoms with Gasteiger partial charge in [0.25, 0.3) is 0 Å². The minimum atomic E-state index is 0.560. The lowest BCUT2D eigenvalue weighted by atomic mass is 10.1. The van der Waals surface area contributed by atoms with Crippen molar-refractivity contribution in [1.82, 2.24) is 0 Å². The van der Waals surface area contributed by atoms with E-state index in [0.717, 1.165) is 16.6 Å². The van der Waals surface area contributed by atoms with Crippen molar-refractivity contribution >= 4 is 33.4 Å².